The average Bonchev–Trinajstić information content (AvgIpc) is 3.08. The fraction of sp³-hybridized carbons (Fsp3) is 0.143. The van der Waals surface area contributed by atoms with Crippen molar-refractivity contribution in [2.45, 2.75) is 13.5 Å². The highest BCUT2D eigenvalue weighted by Gasteiger charge is 2.26. The summed E-state index contributed by atoms with van der Waals surface area (Å²) >= 11 is 0. The second-order valence-corrected chi connectivity index (χ2v) is 5.21. The van der Waals surface area contributed by atoms with E-state index in [0.29, 0.717) is 40.8 Å². The number of hydrogen-bond acceptors (Lipinski definition) is 5. The molecule has 0 fully saturated rings. The molecule has 3 heterocycles. The highest BCUT2D eigenvalue weighted by molar-refractivity contribution is 5.96. The summed E-state index contributed by atoms with van der Waals surface area (Å²) < 4.78 is 17.4. The van der Waals surface area contributed by atoms with Gasteiger partial charge < -0.3 is 15.5 Å². The van der Waals surface area contributed by atoms with Gasteiger partial charge in [-0.25, -0.2) is 9.37 Å². The molecule has 1 aliphatic rings. The fourth-order valence-electron chi connectivity index (χ4n) is 2.81. The van der Waals surface area contributed by atoms with Gasteiger partial charge in [0.1, 0.15) is 23.7 Å². The Morgan fingerprint density at radius 2 is 2.22 bits per heavy atom. The van der Waals surface area contributed by atoms with Gasteiger partial charge in [-0.15, -0.1) is 10.2 Å². The summed E-state index contributed by atoms with van der Waals surface area (Å²) in [6.45, 7) is 2.18. The molecule has 23 heavy (non-hydrogen) atoms. The third kappa shape index (κ3) is 1.83. The van der Waals surface area contributed by atoms with Crippen molar-refractivity contribution in [3.8, 4) is 17.1 Å². The van der Waals surface area contributed by atoms with Crippen molar-refractivity contribution < 1.29 is 9.60 Å². The van der Waals surface area contributed by atoms with Crippen LogP contribution in [-0.4, -0.2) is 35.4 Å². The normalized spacial score (nSPS) is 13.2. The fourth-order valence-corrected chi connectivity index (χ4v) is 2.81. The lowest BCUT2D eigenvalue weighted by molar-refractivity contribution is 0.318. The zero-order valence-corrected chi connectivity index (χ0v) is 12.1. The molecule has 0 unspecified atom stereocenters. The van der Waals surface area contributed by atoms with Crippen LogP contribution in [0.4, 0.5) is 4.39 Å². The largest absolute Gasteiger partial charge is 0.409 e. The SMILES string of the molecule is Cc1nnc2n1Cc1c(/C(N)=N/O)ncn1-c1ccc(F)cc1-2. The maximum Gasteiger partial charge on any atom is 0.190 e. The van der Waals surface area contributed by atoms with Crippen LogP contribution < -0.4 is 5.73 Å². The van der Waals surface area contributed by atoms with Gasteiger partial charge in [0.2, 0.25) is 0 Å². The lowest BCUT2D eigenvalue weighted by Crippen LogP contribution is -2.18. The van der Waals surface area contributed by atoms with Gasteiger partial charge >= 0.3 is 0 Å². The lowest BCUT2D eigenvalue weighted by Gasteiger charge is -2.08. The predicted molar refractivity (Wildman–Crippen MR) is 78.9 cm³/mol. The maximum atomic E-state index is 13.7. The molecule has 3 N–H and O–H groups in total. The van der Waals surface area contributed by atoms with E-state index in [1.165, 1.54) is 12.1 Å². The Labute approximate surface area is 129 Å². The van der Waals surface area contributed by atoms with Crippen LogP contribution in [-0.2, 0) is 6.54 Å². The van der Waals surface area contributed by atoms with E-state index in [1.54, 1.807) is 17.0 Å². The van der Waals surface area contributed by atoms with Crippen molar-refractivity contribution >= 4 is 5.84 Å². The Kier molecular flexibility index (Phi) is 2.71. The number of hydrogen-bond donors (Lipinski definition) is 2. The van der Waals surface area contributed by atoms with Crippen LogP contribution in [0.25, 0.3) is 17.1 Å². The molecule has 1 aliphatic heterocycles. The molecule has 1 aromatic carbocycles. The van der Waals surface area contributed by atoms with E-state index in [2.05, 4.69) is 20.3 Å². The second-order valence-electron chi connectivity index (χ2n) is 5.21. The van der Waals surface area contributed by atoms with E-state index in [0.717, 1.165) is 0 Å². The summed E-state index contributed by atoms with van der Waals surface area (Å²) in [5.74, 6) is 0.786. The minimum Gasteiger partial charge on any atom is -0.409 e. The second kappa shape index (κ2) is 4.63. The summed E-state index contributed by atoms with van der Waals surface area (Å²) in [6, 6.07) is 4.42. The van der Waals surface area contributed by atoms with Gasteiger partial charge in [-0.05, 0) is 25.1 Å². The molecule has 116 valence electrons. The number of halogens is 1. The van der Waals surface area contributed by atoms with Crippen LogP contribution in [0.15, 0.2) is 29.7 Å². The number of aromatic nitrogens is 5. The zero-order valence-electron chi connectivity index (χ0n) is 12.1. The molecule has 4 rings (SSSR count). The first-order valence-corrected chi connectivity index (χ1v) is 6.84. The monoisotopic (exact) mass is 313 g/mol. The Hall–Kier alpha value is -3.23. The van der Waals surface area contributed by atoms with E-state index in [9.17, 15) is 4.39 Å². The molecular formula is C14H12FN7O. The maximum absolute atomic E-state index is 13.7. The van der Waals surface area contributed by atoms with E-state index in [1.807, 2.05) is 11.5 Å². The van der Waals surface area contributed by atoms with Crippen molar-refractivity contribution in [3.05, 3.63) is 47.6 Å². The highest BCUT2D eigenvalue weighted by atomic mass is 19.1. The van der Waals surface area contributed by atoms with Gasteiger partial charge in [0.25, 0.3) is 0 Å². The number of aryl methyl sites for hydroxylation is 1. The van der Waals surface area contributed by atoms with Crippen molar-refractivity contribution in [1.29, 1.82) is 0 Å². The molecule has 3 aromatic rings. The summed E-state index contributed by atoms with van der Waals surface area (Å²) in [6.07, 6.45) is 1.56. The summed E-state index contributed by atoms with van der Waals surface area (Å²) in [5.41, 5.74) is 8.09. The number of nitrogens with two attached hydrogens (primary N) is 1. The first-order valence-electron chi connectivity index (χ1n) is 6.84. The molecule has 2 aromatic heterocycles. The van der Waals surface area contributed by atoms with Gasteiger partial charge in [0.05, 0.1) is 17.9 Å². The lowest BCUT2D eigenvalue weighted by atomic mass is 10.1. The quantitative estimate of drug-likeness (QED) is 0.236. The van der Waals surface area contributed by atoms with E-state index < -0.39 is 0 Å². The Balaban J connectivity index is 2.08. The van der Waals surface area contributed by atoms with E-state index in [-0.39, 0.29) is 11.7 Å². The van der Waals surface area contributed by atoms with Gasteiger partial charge in [-0.3, -0.25) is 4.57 Å². The van der Waals surface area contributed by atoms with Crippen molar-refractivity contribution in [3.63, 3.8) is 0 Å². The summed E-state index contributed by atoms with van der Waals surface area (Å²) in [7, 11) is 0. The molecule has 0 saturated carbocycles. The van der Waals surface area contributed by atoms with Gasteiger partial charge in [-0.2, -0.15) is 0 Å². The standard InChI is InChI=1S/C14H12FN7O/c1-7-18-19-14-9-4-8(15)2-3-10(9)22-6-17-12(13(16)20-23)11(22)5-21(7)14/h2-4,6,23H,5H2,1H3,(H2,16,20). The van der Waals surface area contributed by atoms with Crippen molar-refractivity contribution in [2.75, 3.05) is 0 Å². The van der Waals surface area contributed by atoms with Crippen LogP contribution in [0.2, 0.25) is 0 Å². The molecule has 0 radical (unpaired) electrons. The molecule has 0 bridgehead atoms. The number of imidazole rings is 1. The first-order chi connectivity index (χ1) is 11.1. The number of fused-ring (bicyclic) bond motifs is 5. The number of benzene rings is 1. The van der Waals surface area contributed by atoms with Crippen LogP contribution in [0.5, 0.6) is 0 Å². The van der Waals surface area contributed by atoms with Crippen molar-refractivity contribution in [2.24, 2.45) is 10.9 Å². The van der Waals surface area contributed by atoms with Gasteiger partial charge in [0, 0.05) is 5.56 Å². The molecule has 0 aliphatic carbocycles. The molecule has 0 saturated heterocycles. The van der Waals surface area contributed by atoms with Gasteiger partial charge in [0.15, 0.2) is 11.7 Å². The van der Waals surface area contributed by atoms with Crippen LogP contribution >= 0.6 is 0 Å². The average molecular weight is 313 g/mol. The molecule has 0 amide bonds. The third-order valence-electron chi connectivity index (χ3n) is 3.92. The van der Waals surface area contributed by atoms with E-state index >= 15 is 0 Å². The molecule has 0 spiro atoms. The Bertz CT molecular complexity index is 956. The van der Waals surface area contributed by atoms with Crippen LogP contribution in [0, 0.1) is 12.7 Å². The molecule has 8 nitrogen and oxygen atoms in total. The number of amidine groups is 1. The summed E-state index contributed by atoms with van der Waals surface area (Å²) in [4.78, 5) is 4.22. The van der Waals surface area contributed by atoms with Crippen LogP contribution in [0.1, 0.15) is 17.2 Å². The zero-order chi connectivity index (χ0) is 16.1. The van der Waals surface area contributed by atoms with Gasteiger partial charge in [-0.1, -0.05) is 5.16 Å². The topological polar surface area (TPSA) is 107 Å². The van der Waals surface area contributed by atoms with E-state index in [4.69, 9.17) is 10.9 Å². The number of rotatable bonds is 1. The number of nitrogens with zero attached hydrogens (tertiary/aromatic N) is 6. The number of oxime groups is 1. The first kappa shape index (κ1) is 13.4. The highest BCUT2D eigenvalue weighted by Crippen LogP contribution is 2.32. The molecule has 0 atom stereocenters. The molecule has 9 heteroatoms. The van der Waals surface area contributed by atoms with Crippen molar-refractivity contribution in [1.82, 2.24) is 24.3 Å². The minimum absolute atomic E-state index is 0.0865. The molecular weight excluding hydrogens is 301 g/mol. The Morgan fingerprint density at radius 3 is 3.00 bits per heavy atom. The predicted octanol–water partition coefficient (Wildman–Crippen LogP) is 1.03. The van der Waals surface area contributed by atoms with Crippen LogP contribution in [0.3, 0.4) is 0 Å². The third-order valence-corrected chi connectivity index (χ3v) is 3.92. The summed E-state index contributed by atoms with van der Waals surface area (Å²) in [5, 5.41) is 20.2. The Morgan fingerprint density at radius 1 is 1.39 bits per heavy atom. The smallest absolute Gasteiger partial charge is 0.190 e. The minimum atomic E-state index is -0.365.